The number of aromatic nitrogens is 4. The molecule has 150 valence electrons. The van der Waals surface area contributed by atoms with Gasteiger partial charge in [-0.3, -0.25) is 5.10 Å². The summed E-state index contributed by atoms with van der Waals surface area (Å²) in [6.07, 6.45) is 5.31. The van der Waals surface area contributed by atoms with E-state index in [9.17, 15) is 4.79 Å². The van der Waals surface area contributed by atoms with Crippen LogP contribution in [0.1, 0.15) is 55.7 Å². The third-order valence-corrected chi connectivity index (χ3v) is 5.43. The minimum Gasteiger partial charge on any atom is -0.338 e. The minimum atomic E-state index is 0.0554. The molecule has 0 radical (unpaired) electrons. The first-order chi connectivity index (χ1) is 13.6. The minimum absolute atomic E-state index is 0.0554. The third kappa shape index (κ3) is 4.61. The number of anilines is 2. The van der Waals surface area contributed by atoms with E-state index in [1.807, 2.05) is 30.9 Å². The van der Waals surface area contributed by atoms with Crippen molar-refractivity contribution in [2.45, 2.75) is 51.9 Å². The Labute approximate surface area is 165 Å². The van der Waals surface area contributed by atoms with Crippen LogP contribution in [-0.4, -0.2) is 50.7 Å². The van der Waals surface area contributed by atoms with E-state index in [1.165, 1.54) is 12.8 Å². The van der Waals surface area contributed by atoms with Gasteiger partial charge in [-0.25, -0.2) is 14.8 Å². The Morgan fingerprint density at radius 2 is 1.96 bits per heavy atom. The van der Waals surface area contributed by atoms with Gasteiger partial charge < -0.3 is 15.5 Å². The van der Waals surface area contributed by atoms with Gasteiger partial charge in [-0.05, 0) is 51.9 Å². The third-order valence-electron chi connectivity index (χ3n) is 5.43. The molecule has 28 heavy (non-hydrogen) atoms. The van der Waals surface area contributed by atoms with E-state index in [2.05, 4.69) is 20.8 Å². The second kappa shape index (κ2) is 8.16. The number of carbonyl (C=O) groups excluding carboxylic acids is 1. The molecule has 0 unspecified atom stereocenters. The molecule has 1 aliphatic heterocycles. The molecule has 2 aromatic heterocycles. The summed E-state index contributed by atoms with van der Waals surface area (Å²) in [7, 11) is 0. The summed E-state index contributed by atoms with van der Waals surface area (Å²) in [5.74, 6) is 3.60. The van der Waals surface area contributed by atoms with Crippen molar-refractivity contribution in [3.05, 3.63) is 29.3 Å². The van der Waals surface area contributed by atoms with Crippen LogP contribution in [0.3, 0.4) is 0 Å². The summed E-state index contributed by atoms with van der Waals surface area (Å²) in [6.45, 7) is 6.23. The number of aryl methyl sites for hydroxylation is 1. The van der Waals surface area contributed by atoms with Gasteiger partial charge in [-0.2, -0.15) is 5.10 Å². The predicted octanol–water partition coefficient (Wildman–Crippen LogP) is 3.11. The number of rotatable bonds is 6. The van der Waals surface area contributed by atoms with Crippen molar-refractivity contribution in [2.24, 2.45) is 5.92 Å². The molecule has 2 amide bonds. The maximum Gasteiger partial charge on any atom is 0.317 e. The van der Waals surface area contributed by atoms with Crippen molar-refractivity contribution in [3.63, 3.8) is 0 Å². The number of nitrogens with zero attached hydrogens (tertiary/aromatic N) is 4. The highest BCUT2D eigenvalue weighted by Gasteiger charge is 2.28. The summed E-state index contributed by atoms with van der Waals surface area (Å²) in [5.41, 5.74) is 2.10. The van der Waals surface area contributed by atoms with E-state index >= 15 is 0 Å². The van der Waals surface area contributed by atoms with Crippen LogP contribution in [0.2, 0.25) is 0 Å². The van der Waals surface area contributed by atoms with Gasteiger partial charge in [0.25, 0.3) is 0 Å². The Hall–Kier alpha value is -2.64. The highest BCUT2D eigenvalue weighted by molar-refractivity contribution is 5.74. The van der Waals surface area contributed by atoms with Gasteiger partial charge in [0.1, 0.15) is 11.6 Å². The second-order valence-corrected chi connectivity index (χ2v) is 7.91. The fraction of sp³-hybridized carbons (Fsp3) is 0.600. The lowest BCUT2D eigenvalue weighted by atomic mass is 9.92. The zero-order valence-corrected chi connectivity index (χ0v) is 16.7. The summed E-state index contributed by atoms with van der Waals surface area (Å²) in [6, 6.07) is 4.07. The van der Waals surface area contributed by atoms with Crippen LogP contribution in [0.15, 0.2) is 12.1 Å². The Morgan fingerprint density at radius 1 is 1.18 bits per heavy atom. The number of H-pyrrole nitrogens is 1. The number of piperidine rings is 1. The molecule has 1 saturated carbocycles. The molecule has 3 N–H and O–H groups in total. The number of amides is 2. The molecule has 4 rings (SSSR count). The maximum atomic E-state index is 12.0. The smallest absolute Gasteiger partial charge is 0.317 e. The Morgan fingerprint density at radius 3 is 2.61 bits per heavy atom. The predicted molar refractivity (Wildman–Crippen MR) is 108 cm³/mol. The first-order valence-electron chi connectivity index (χ1n) is 10.3. The molecule has 1 saturated heterocycles. The molecule has 0 atom stereocenters. The van der Waals surface area contributed by atoms with Crippen LogP contribution in [-0.2, 0) is 6.42 Å². The molecule has 2 aliphatic rings. The standard InChI is InChI=1S/C20H29N7O/c1-3-21-20(28)27-8-6-14(7-9-27)11-16-12-17(23-18-10-13(2)25-26-18)24-19(22-16)15-4-5-15/h10,12,14-15H,3-9,11H2,1-2H3,(H,21,28)(H2,22,23,24,25,26). The maximum absolute atomic E-state index is 12.0. The molecule has 8 heteroatoms. The van der Waals surface area contributed by atoms with Gasteiger partial charge in [0.15, 0.2) is 5.82 Å². The van der Waals surface area contributed by atoms with E-state index < -0.39 is 0 Å². The summed E-state index contributed by atoms with van der Waals surface area (Å²) >= 11 is 0. The molecule has 3 heterocycles. The molecule has 0 aromatic carbocycles. The average Bonchev–Trinajstić information content (AvgIpc) is 3.45. The van der Waals surface area contributed by atoms with E-state index in [-0.39, 0.29) is 6.03 Å². The lowest BCUT2D eigenvalue weighted by molar-refractivity contribution is 0.170. The topological polar surface area (TPSA) is 98.8 Å². The monoisotopic (exact) mass is 383 g/mol. The van der Waals surface area contributed by atoms with Crippen LogP contribution in [0.4, 0.5) is 16.4 Å². The summed E-state index contributed by atoms with van der Waals surface area (Å²) in [5, 5.41) is 13.4. The highest BCUT2D eigenvalue weighted by Crippen LogP contribution is 2.39. The number of hydrogen-bond donors (Lipinski definition) is 3. The fourth-order valence-electron chi connectivity index (χ4n) is 3.72. The molecule has 2 fully saturated rings. The normalized spacial score (nSPS) is 17.6. The second-order valence-electron chi connectivity index (χ2n) is 7.91. The summed E-state index contributed by atoms with van der Waals surface area (Å²) < 4.78 is 0. The lowest BCUT2D eigenvalue weighted by Crippen LogP contribution is -2.44. The molecular weight excluding hydrogens is 354 g/mol. The Kier molecular flexibility index (Phi) is 5.45. The van der Waals surface area contributed by atoms with Gasteiger partial charge >= 0.3 is 6.03 Å². The van der Waals surface area contributed by atoms with Crippen LogP contribution < -0.4 is 10.6 Å². The number of hydrogen-bond acceptors (Lipinski definition) is 5. The van der Waals surface area contributed by atoms with E-state index in [0.29, 0.717) is 18.4 Å². The number of urea groups is 1. The van der Waals surface area contributed by atoms with Crippen molar-refractivity contribution in [2.75, 3.05) is 25.0 Å². The first kappa shape index (κ1) is 18.7. The number of carbonyl (C=O) groups is 1. The molecular formula is C20H29N7O. The SMILES string of the molecule is CCNC(=O)N1CCC(Cc2cc(Nc3cc(C)[nH]n3)nc(C3CC3)n2)CC1. The number of likely N-dealkylation sites (tertiary alicyclic amines) is 1. The fourth-order valence-corrected chi connectivity index (χ4v) is 3.72. The Bertz CT molecular complexity index is 822. The summed E-state index contributed by atoms with van der Waals surface area (Å²) in [4.78, 5) is 23.5. The number of aromatic amines is 1. The molecule has 1 aliphatic carbocycles. The van der Waals surface area contributed by atoms with Crippen molar-refractivity contribution in [3.8, 4) is 0 Å². The Balaban J connectivity index is 1.42. The van der Waals surface area contributed by atoms with Crippen molar-refractivity contribution < 1.29 is 4.79 Å². The highest BCUT2D eigenvalue weighted by atomic mass is 16.2. The van der Waals surface area contributed by atoms with Gasteiger partial charge in [-0.1, -0.05) is 0 Å². The number of nitrogens with one attached hydrogen (secondary N) is 3. The van der Waals surface area contributed by atoms with Gasteiger partial charge in [0.05, 0.1) is 0 Å². The van der Waals surface area contributed by atoms with Crippen LogP contribution in [0.5, 0.6) is 0 Å². The largest absolute Gasteiger partial charge is 0.338 e. The lowest BCUT2D eigenvalue weighted by Gasteiger charge is -2.31. The van der Waals surface area contributed by atoms with E-state index in [0.717, 1.165) is 61.2 Å². The van der Waals surface area contributed by atoms with Gasteiger partial charge in [-0.15, -0.1) is 0 Å². The van der Waals surface area contributed by atoms with E-state index in [4.69, 9.17) is 9.97 Å². The molecule has 0 spiro atoms. The average molecular weight is 384 g/mol. The van der Waals surface area contributed by atoms with E-state index in [1.54, 1.807) is 0 Å². The zero-order valence-electron chi connectivity index (χ0n) is 16.7. The first-order valence-corrected chi connectivity index (χ1v) is 10.3. The van der Waals surface area contributed by atoms with Crippen molar-refractivity contribution in [1.29, 1.82) is 0 Å². The van der Waals surface area contributed by atoms with Crippen LogP contribution in [0.25, 0.3) is 0 Å². The quantitative estimate of drug-likeness (QED) is 0.712. The van der Waals surface area contributed by atoms with Gasteiger partial charge in [0.2, 0.25) is 0 Å². The van der Waals surface area contributed by atoms with Gasteiger partial charge in [0, 0.05) is 49.1 Å². The van der Waals surface area contributed by atoms with Crippen LogP contribution in [0, 0.1) is 12.8 Å². The van der Waals surface area contributed by atoms with Crippen LogP contribution >= 0.6 is 0 Å². The molecule has 8 nitrogen and oxygen atoms in total. The zero-order chi connectivity index (χ0) is 19.5. The van der Waals surface area contributed by atoms with Crippen molar-refractivity contribution >= 4 is 17.7 Å². The molecule has 2 aromatic rings. The molecule has 0 bridgehead atoms. The van der Waals surface area contributed by atoms with Crippen molar-refractivity contribution in [1.82, 2.24) is 30.4 Å².